The van der Waals surface area contributed by atoms with E-state index in [1.165, 1.54) is 11.3 Å². The fourth-order valence-corrected chi connectivity index (χ4v) is 3.34. The van der Waals surface area contributed by atoms with E-state index in [4.69, 9.17) is 23.2 Å². The van der Waals surface area contributed by atoms with Crippen LogP contribution in [0.4, 0.5) is 16.2 Å². The molecule has 25 heavy (non-hydrogen) atoms. The van der Waals surface area contributed by atoms with Crippen molar-refractivity contribution in [2.24, 2.45) is 0 Å². The number of anilines is 2. The molecule has 2 aromatic rings. The number of piperazine rings is 1. The molecule has 0 bridgehead atoms. The molecule has 1 N–H and O–H groups in total. The van der Waals surface area contributed by atoms with E-state index in [9.17, 15) is 4.79 Å². The average molecular weight is 378 g/mol. The quantitative estimate of drug-likeness (QED) is 0.794. The van der Waals surface area contributed by atoms with Crippen molar-refractivity contribution in [3.05, 3.63) is 58.1 Å². The Kier molecular flexibility index (Phi) is 5.40. The molecule has 1 saturated heterocycles. The van der Waals surface area contributed by atoms with Crippen molar-refractivity contribution in [3.8, 4) is 0 Å². The van der Waals surface area contributed by atoms with Crippen molar-refractivity contribution < 1.29 is 4.79 Å². The largest absolute Gasteiger partial charge is 0.365 e. The highest BCUT2D eigenvalue weighted by molar-refractivity contribution is 6.42. The standard InChI is InChI=1S/C19H21Cl2N3O/c1-13-3-6-16(7-4-13)24-10-9-23(12-14(24)2)19(25)22-15-5-8-17(20)18(21)11-15/h3-8,11,14H,9-10,12H2,1-2H3,(H,22,25). The molecule has 4 nitrogen and oxygen atoms in total. The number of halogens is 2. The molecule has 6 heteroatoms. The zero-order valence-corrected chi connectivity index (χ0v) is 15.8. The van der Waals surface area contributed by atoms with Crippen molar-refractivity contribution in [2.75, 3.05) is 29.9 Å². The van der Waals surface area contributed by atoms with Gasteiger partial charge >= 0.3 is 6.03 Å². The van der Waals surface area contributed by atoms with Crippen LogP contribution < -0.4 is 10.2 Å². The first-order chi connectivity index (χ1) is 11.9. The number of amides is 2. The first-order valence-electron chi connectivity index (χ1n) is 8.28. The minimum absolute atomic E-state index is 0.117. The number of aryl methyl sites for hydroxylation is 1. The van der Waals surface area contributed by atoms with Crippen molar-refractivity contribution in [3.63, 3.8) is 0 Å². The molecular formula is C19H21Cl2N3O. The van der Waals surface area contributed by atoms with Crippen LogP contribution in [0.2, 0.25) is 10.0 Å². The van der Waals surface area contributed by atoms with Crippen LogP contribution in [-0.2, 0) is 0 Å². The van der Waals surface area contributed by atoms with E-state index in [0.717, 1.165) is 6.54 Å². The summed E-state index contributed by atoms with van der Waals surface area (Å²) in [6.07, 6.45) is 0. The topological polar surface area (TPSA) is 35.6 Å². The van der Waals surface area contributed by atoms with Gasteiger partial charge in [0.05, 0.1) is 10.0 Å². The number of carbonyl (C=O) groups is 1. The van der Waals surface area contributed by atoms with Gasteiger partial charge < -0.3 is 15.1 Å². The van der Waals surface area contributed by atoms with Crippen molar-refractivity contribution >= 4 is 40.6 Å². The average Bonchev–Trinajstić information content (AvgIpc) is 2.59. The van der Waals surface area contributed by atoms with Crippen molar-refractivity contribution in [1.29, 1.82) is 0 Å². The number of urea groups is 1. The monoisotopic (exact) mass is 377 g/mol. The molecule has 1 aliphatic rings. The zero-order valence-electron chi connectivity index (χ0n) is 14.3. The van der Waals surface area contributed by atoms with E-state index in [-0.39, 0.29) is 12.1 Å². The third-order valence-corrected chi connectivity index (χ3v) is 5.19. The minimum atomic E-state index is -0.117. The van der Waals surface area contributed by atoms with E-state index < -0.39 is 0 Å². The summed E-state index contributed by atoms with van der Waals surface area (Å²) < 4.78 is 0. The molecule has 0 aliphatic carbocycles. The van der Waals surface area contributed by atoms with E-state index in [0.29, 0.717) is 28.8 Å². The maximum absolute atomic E-state index is 12.5. The Balaban J connectivity index is 1.62. The van der Waals surface area contributed by atoms with Crippen molar-refractivity contribution in [2.45, 2.75) is 19.9 Å². The molecule has 3 rings (SSSR count). The Bertz CT molecular complexity index is 764. The molecular weight excluding hydrogens is 357 g/mol. The van der Waals surface area contributed by atoms with Crippen LogP contribution in [0.25, 0.3) is 0 Å². The van der Waals surface area contributed by atoms with Crippen LogP contribution in [-0.4, -0.2) is 36.6 Å². The molecule has 132 valence electrons. The molecule has 2 aromatic carbocycles. The lowest BCUT2D eigenvalue weighted by atomic mass is 10.1. The first-order valence-corrected chi connectivity index (χ1v) is 9.04. The lowest BCUT2D eigenvalue weighted by Crippen LogP contribution is -2.54. The van der Waals surface area contributed by atoms with Gasteiger partial charge in [0.25, 0.3) is 0 Å². The van der Waals surface area contributed by atoms with Crippen molar-refractivity contribution in [1.82, 2.24) is 4.90 Å². The van der Waals surface area contributed by atoms with Gasteiger partial charge in [0.2, 0.25) is 0 Å². The molecule has 1 atom stereocenters. The number of nitrogens with one attached hydrogen (secondary N) is 1. The summed E-state index contributed by atoms with van der Waals surface area (Å²) in [7, 11) is 0. The molecule has 0 spiro atoms. The van der Waals surface area contributed by atoms with E-state index in [1.807, 2.05) is 4.90 Å². The van der Waals surface area contributed by atoms with E-state index in [1.54, 1.807) is 18.2 Å². The maximum atomic E-state index is 12.5. The van der Waals surface area contributed by atoms with E-state index >= 15 is 0 Å². The molecule has 1 heterocycles. The Morgan fingerprint density at radius 3 is 2.44 bits per heavy atom. The molecule has 1 aliphatic heterocycles. The molecule has 0 saturated carbocycles. The Morgan fingerprint density at radius 1 is 1.08 bits per heavy atom. The Labute approximate surface area is 158 Å². The Morgan fingerprint density at radius 2 is 1.80 bits per heavy atom. The fourth-order valence-electron chi connectivity index (χ4n) is 3.04. The van der Waals surface area contributed by atoms with Crippen LogP contribution in [0.1, 0.15) is 12.5 Å². The summed E-state index contributed by atoms with van der Waals surface area (Å²) in [6.45, 7) is 6.36. The second kappa shape index (κ2) is 7.54. The van der Waals surface area contributed by atoms with Crippen LogP contribution >= 0.6 is 23.2 Å². The van der Waals surface area contributed by atoms with Gasteiger partial charge in [0.1, 0.15) is 0 Å². The van der Waals surface area contributed by atoms with Gasteiger partial charge in [-0.1, -0.05) is 40.9 Å². The highest BCUT2D eigenvalue weighted by Crippen LogP contribution is 2.26. The van der Waals surface area contributed by atoms with Crippen LogP contribution in [0, 0.1) is 6.92 Å². The lowest BCUT2D eigenvalue weighted by molar-refractivity contribution is 0.200. The molecule has 1 fully saturated rings. The maximum Gasteiger partial charge on any atom is 0.321 e. The normalized spacial score (nSPS) is 17.5. The lowest BCUT2D eigenvalue weighted by Gasteiger charge is -2.41. The van der Waals surface area contributed by atoms with E-state index in [2.05, 4.69) is 48.3 Å². The first kappa shape index (κ1) is 17.9. The smallest absolute Gasteiger partial charge is 0.321 e. The summed E-state index contributed by atoms with van der Waals surface area (Å²) in [5, 5.41) is 3.79. The summed E-state index contributed by atoms with van der Waals surface area (Å²) in [4.78, 5) is 16.7. The third-order valence-electron chi connectivity index (χ3n) is 4.45. The SMILES string of the molecule is Cc1ccc(N2CCN(C(=O)Nc3ccc(Cl)c(Cl)c3)CC2C)cc1. The second-order valence-corrected chi connectivity index (χ2v) is 7.20. The van der Waals surface area contributed by atoms with Crippen LogP contribution in [0.15, 0.2) is 42.5 Å². The van der Waals surface area contributed by atoms with Gasteiger partial charge in [0, 0.05) is 37.1 Å². The van der Waals surface area contributed by atoms with Gasteiger partial charge in [-0.2, -0.15) is 0 Å². The number of nitrogens with zero attached hydrogens (tertiary/aromatic N) is 2. The number of carbonyl (C=O) groups excluding carboxylic acids is 1. The number of hydrogen-bond donors (Lipinski definition) is 1. The van der Waals surface area contributed by atoms with Gasteiger partial charge in [-0.05, 0) is 44.2 Å². The highest BCUT2D eigenvalue weighted by atomic mass is 35.5. The van der Waals surface area contributed by atoms with Crippen LogP contribution in [0.5, 0.6) is 0 Å². The number of rotatable bonds is 2. The predicted molar refractivity (Wildman–Crippen MR) is 105 cm³/mol. The number of hydrogen-bond acceptors (Lipinski definition) is 2. The Hall–Kier alpha value is -1.91. The van der Waals surface area contributed by atoms with Gasteiger partial charge in [0.15, 0.2) is 0 Å². The predicted octanol–water partition coefficient (Wildman–Crippen LogP) is 5.04. The second-order valence-electron chi connectivity index (χ2n) is 6.38. The molecule has 1 unspecified atom stereocenters. The zero-order chi connectivity index (χ0) is 18.0. The highest BCUT2D eigenvalue weighted by Gasteiger charge is 2.27. The minimum Gasteiger partial charge on any atom is -0.365 e. The van der Waals surface area contributed by atoms with Gasteiger partial charge in [-0.15, -0.1) is 0 Å². The summed E-state index contributed by atoms with van der Waals surface area (Å²) in [6, 6.07) is 13.7. The molecule has 2 amide bonds. The summed E-state index contributed by atoms with van der Waals surface area (Å²) in [5.74, 6) is 0. The molecule has 0 aromatic heterocycles. The molecule has 0 radical (unpaired) electrons. The number of benzene rings is 2. The van der Waals surface area contributed by atoms with Gasteiger partial charge in [-0.25, -0.2) is 4.79 Å². The van der Waals surface area contributed by atoms with Crippen LogP contribution in [0.3, 0.4) is 0 Å². The van der Waals surface area contributed by atoms with Gasteiger partial charge in [-0.3, -0.25) is 0 Å². The fraction of sp³-hybridized carbons (Fsp3) is 0.316. The summed E-state index contributed by atoms with van der Waals surface area (Å²) >= 11 is 11.9. The third kappa shape index (κ3) is 4.20. The summed E-state index contributed by atoms with van der Waals surface area (Å²) in [5.41, 5.74) is 3.09.